The monoisotopic (exact) mass is 1250 g/mol. The number of fused-ring (bicyclic) bond motifs is 2. The van der Waals surface area contributed by atoms with Gasteiger partial charge in [-0.25, -0.2) is 38.5 Å². The molecule has 2 heterocycles. The second kappa shape index (κ2) is 26.7. The minimum absolute atomic E-state index is 0. The number of amides is 6. The molecule has 2 aliphatic carbocycles. The quantitative estimate of drug-likeness (QED) is 0.0388. The van der Waals surface area contributed by atoms with Gasteiger partial charge in [0, 0.05) is 68.5 Å². The van der Waals surface area contributed by atoms with E-state index in [0.29, 0.717) is 25.7 Å². The maximum Gasteiger partial charge on any atom is 1.00 e. The average Bonchev–Trinajstić information content (AvgIpc) is 4.04. The summed E-state index contributed by atoms with van der Waals surface area (Å²) in [6, 6.07) is 23.5. The Labute approximate surface area is 567 Å². The van der Waals surface area contributed by atoms with E-state index in [1.807, 2.05) is 0 Å². The van der Waals surface area contributed by atoms with E-state index in [9.17, 15) is 75.9 Å². The Morgan fingerprint density at radius 2 is 0.738 bits per heavy atom. The van der Waals surface area contributed by atoms with Crippen LogP contribution >= 0.6 is 0 Å². The zero-order chi connectivity index (χ0) is 57.2. The number of benzene rings is 6. The van der Waals surface area contributed by atoms with Gasteiger partial charge in [0.25, 0.3) is 23.6 Å². The minimum Gasteiger partial charge on any atom is -0.744 e. The van der Waals surface area contributed by atoms with Gasteiger partial charge in [-0.15, -0.1) is 0 Å². The normalized spacial score (nSPS) is 13.2. The van der Waals surface area contributed by atoms with Gasteiger partial charge in [0.05, 0.1) is 42.3 Å². The molecule has 33 heteroatoms. The molecule has 2 aromatic heterocycles. The molecule has 0 unspecified atom stereocenters. The number of carbonyl (C=O) groups is 5. The molecule has 0 atom stereocenters. The van der Waals surface area contributed by atoms with Crippen LogP contribution < -0.4 is 150 Å². The zero-order valence-electron chi connectivity index (χ0n) is 44.7. The second-order valence-corrected chi connectivity index (χ2v) is 23.8. The molecule has 2 saturated carbocycles. The third-order valence-electron chi connectivity index (χ3n) is 12.8. The molecule has 2 aliphatic rings. The Kier molecular flexibility index (Phi) is 21.7. The third-order valence-corrected chi connectivity index (χ3v) is 16.5. The number of aromatic nitrogens is 2. The standard InChI is InChI=1S/C51H42N8O17S4.4Na/c60-47(52-31-23-41(58(25-31)33-13-14-33)49(62)56-39-19-17-35-37(45(39)79(71,72)73)9-3-11-43(35)77(65,66)67)27-5-1-7-29(21-27)54-51(64)55-30-8-2-6-28(22-30)48(61)53-32-24-42(59(26-32)34-15-16-34)50(63)57-40-20-18-36-38(46(40)80(74,75)76)10-4-12-44(36)78(68,69)70;;;;/h1-12,17-26,33-34H,13-16H2,(H,52,60)(H,53,61)(H,56,62)(H,57,63)(H2,54,55,64)(H,65,66,67)(H,68,69,70)(H,71,72,73)(H,74,75,76);;;;/q;4*+1/p-4. The zero-order valence-corrected chi connectivity index (χ0v) is 55.9. The van der Waals surface area contributed by atoms with Crippen LogP contribution in [-0.2, 0) is 40.5 Å². The largest absolute Gasteiger partial charge is 1.00 e. The Morgan fingerprint density at radius 1 is 0.381 bits per heavy atom. The van der Waals surface area contributed by atoms with Crippen molar-refractivity contribution in [2.24, 2.45) is 0 Å². The topological polar surface area (TPSA) is 396 Å². The molecule has 6 aromatic carbocycles. The summed E-state index contributed by atoms with van der Waals surface area (Å²) in [5.41, 5.74) is -0.302. The SMILES string of the molecule is O=C(Nc1cccc(C(=O)Nc2cc(C(=O)Nc3ccc4c(S(=O)(=O)[O-])cccc4c3S(=O)(=O)[O-])n(C3CC3)c2)c1)Nc1cccc(C(=O)Nc2cc(C(=O)Nc3ccc4c(S(=O)(=O)[O-])cccc4c3S(=O)(=O)[O-])n(C3CC3)c2)c1.[Na+].[Na+].[Na+].[Na+]. The molecule has 6 N–H and O–H groups in total. The maximum atomic E-state index is 13.8. The van der Waals surface area contributed by atoms with Gasteiger partial charge >= 0.3 is 124 Å². The van der Waals surface area contributed by atoms with Crippen LogP contribution in [0.15, 0.2) is 153 Å². The Bertz CT molecular complexity index is 4200. The number of carbonyl (C=O) groups excluding carboxylic acids is 5. The second-order valence-electron chi connectivity index (χ2n) is 18.5. The van der Waals surface area contributed by atoms with E-state index < -0.39 is 112 Å². The fraction of sp³-hybridized carbons (Fsp3) is 0.118. The fourth-order valence-electron chi connectivity index (χ4n) is 9.09. The molecule has 0 saturated heterocycles. The van der Waals surface area contributed by atoms with E-state index in [4.69, 9.17) is 0 Å². The first-order valence-electron chi connectivity index (χ1n) is 23.6. The van der Waals surface area contributed by atoms with Gasteiger partial charge in [-0.2, -0.15) is 0 Å². The molecular formula is C51H38N8Na4O17S4. The number of urea groups is 1. The van der Waals surface area contributed by atoms with Gasteiger partial charge in [0.2, 0.25) is 0 Å². The molecule has 84 heavy (non-hydrogen) atoms. The molecule has 0 spiro atoms. The summed E-state index contributed by atoms with van der Waals surface area (Å²) in [6.07, 6.45) is 5.61. The van der Waals surface area contributed by atoms with Gasteiger partial charge in [-0.05, 0) is 98.5 Å². The van der Waals surface area contributed by atoms with Gasteiger partial charge in [0.15, 0.2) is 0 Å². The minimum atomic E-state index is -5.38. The number of nitrogens with zero attached hydrogens (tertiary/aromatic N) is 2. The molecule has 0 radical (unpaired) electrons. The van der Waals surface area contributed by atoms with E-state index in [1.54, 1.807) is 9.13 Å². The molecule has 0 aliphatic heterocycles. The Balaban J connectivity index is 0.00000283. The van der Waals surface area contributed by atoms with Crippen molar-refractivity contribution in [3.63, 3.8) is 0 Å². The number of anilines is 6. The van der Waals surface area contributed by atoms with Crippen molar-refractivity contribution in [1.29, 1.82) is 0 Å². The van der Waals surface area contributed by atoms with Crippen molar-refractivity contribution in [1.82, 2.24) is 9.13 Å². The van der Waals surface area contributed by atoms with Crippen molar-refractivity contribution in [2.75, 3.05) is 31.9 Å². The molecule has 6 amide bonds. The Morgan fingerprint density at radius 3 is 1.07 bits per heavy atom. The van der Waals surface area contributed by atoms with Crippen LogP contribution in [0.4, 0.5) is 38.9 Å². The van der Waals surface area contributed by atoms with Crippen LogP contribution in [0.5, 0.6) is 0 Å². The molecule has 412 valence electrons. The van der Waals surface area contributed by atoms with Crippen molar-refractivity contribution in [3.8, 4) is 0 Å². The first-order chi connectivity index (χ1) is 37.7. The number of rotatable bonds is 16. The van der Waals surface area contributed by atoms with E-state index >= 15 is 0 Å². The average molecular weight is 1260 g/mol. The van der Waals surface area contributed by atoms with Crippen LogP contribution in [0.3, 0.4) is 0 Å². The predicted octanol–water partition coefficient (Wildman–Crippen LogP) is -5.45. The van der Waals surface area contributed by atoms with Gasteiger partial charge in [0.1, 0.15) is 51.9 Å². The van der Waals surface area contributed by atoms with E-state index in [-0.39, 0.29) is 186 Å². The fourth-order valence-corrected chi connectivity index (χ4v) is 12.1. The van der Waals surface area contributed by atoms with Crippen molar-refractivity contribution in [2.45, 2.75) is 57.3 Å². The van der Waals surface area contributed by atoms with Crippen LogP contribution in [0.2, 0.25) is 0 Å². The van der Waals surface area contributed by atoms with E-state index in [1.165, 1.54) is 73.1 Å². The summed E-state index contributed by atoms with van der Waals surface area (Å²) in [6.45, 7) is 0. The van der Waals surface area contributed by atoms with E-state index in [0.717, 1.165) is 60.7 Å². The van der Waals surface area contributed by atoms with Crippen molar-refractivity contribution >= 4 is 126 Å². The summed E-state index contributed by atoms with van der Waals surface area (Å²) in [5, 5.41) is 13.9. The number of hydrogen-bond donors (Lipinski definition) is 6. The smallest absolute Gasteiger partial charge is 0.744 e. The summed E-state index contributed by atoms with van der Waals surface area (Å²) in [4.78, 5) is 64.5. The number of hydrogen-bond acceptors (Lipinski definition) is 17. The molecule has 10 rings (SSSR count). The summed E-state index contributed by atoms with van der Waals surface area (Å²) in [5.74, 6) is -3.11. The van der Waals surface area contributed by atoms with Gasteiger partial charge in [-0.3, -0.25) is 19.2 Å². The molecule has 25 nitrogen and oxygen atoms in total. The van der Waals surface area contributed by atoms with Crippen LogP contribution in [0.25, 0.3) is 21.5 Å². The van der Waals surface area contributed by atoms with E-state index in [2.05, 4.69) is 31.9 Å². The van der Waals surface area contributed by atoms with Crippen molar-refractivity contribution < 1.29 is 194 Å². The summed E-state index contributed by atoms with van der Waals surface area (Å²) in [7, 11) is -20.9. The van der Waals surface area contributed by atoms with Crippen LogP contribution in [0, 0.1) is 0 Å². The van der Waals surface area contributed by atoms with Crippen LogP contribution in [0.1, 0.15) is 79.5 Å². The van der Waals surface area contributed by atoms with Crippen LogP contribution in [-0.4, -0.2) is 90.7 Å². The number of nitrogens with one attached hydrogen (secondary N) is 6. The predicted molar refractivity (Wildman–Crippen MR) is 282 cm³/mol. The summed E-state index contributed by atoms with van der Waals surface area (Å²) < 4.78 is 150. The first kappa shape index (κ1) is 68.3. The summed E-state index contributed by atoms with van der Waals surface area (Å²) >= 11 is 0. The van der Waals surface area contributed by atoms with Crippen molar-refractivity contribution in [3.05, 3.63) is 156 Å². The molecule has 8 aromatic rings. The first-order valence-corrected chi connectivity index (χ1v) is 29.3. The Hall–Kier alpha value is -4.81. The molecule has 0 bridgehead atoms. The molecule has 2 fully saturated rings. The van der Waals surface area contributed by atoms with Gasteiger partial charge < -0.3 is 59.2 Å². The van der Waals surface area contributed by atoms with Gasteiger partial charge in [-0.1, -0.05) is 48.5 Å². The third kappa shape index (κ3) is 15.3. The maximum absolute atomic E-state index is 13.8. The molecular weight excluding hydrogens is 1220 g/mol.